The molecule has 1 heterocycles. The van der Waals surface area contributed by atoms with Crippen molar-refractivity contribution in [3.05, 3.63) is 76.9 Å². The second-order valence-corrected chi connectivity index (χ2v) is 5.48. The van der Waals surface area contributed by atoms with Crippen LogP contribution in [0.2, 0.25) is 0 Å². The van der Waals surface area contributed by atoms with Crippen LogP contribution in [-0.2, 0) is 11.3 Å². The molecule has 0 spiro atoms. The van der Waals surface area contributed by atoms with Gasteiger partial charge in [-0.25, -0.2) is 13.9 Å². The van der Waals surface area contributed by atoms with Crippen LogP contribution in [0.4, 0.5) is 4.39 Å². The number of esters is 1. The van der Waals surface area contributed by atoms with E-state index in [1.54, 1.807) is 19.1 Å². The molecular formula is C18H16FN3O2. The van der Waals surface area contributed by atoms with Crippen molar-refractivity contribution >= 4 is 5.97 Å². The lowest BCUT2D eigenvalue weighted by atomic mass is 10.1. The third-order valence-electron chi connectivity index (χ3n) is 3.59. The van der Waals surface area contributed by atoms with Gasteiger partial charge in [0.15, 0.2) is 5.69 Å². The van der Waals surface area contributed by atoms with Crippen molar-refractivity contribution in [2.75, 3.05) is 0 Å². The molecule has 3 aromatic rings. The van der Waals surface area contributed by atoms with E-state index >= 15 is 0 Å². The molecule has 3 rings (SSSR count). The maximum atomic E-state index is 13.3. The molecule has 1 aromatic heterocycles. The summed E-state index contributed by atoms with van der Waals surface area (Å²) in [7, 11) is 0. The molecule has 6 heteroatoms. The summed E-state index contributed by atoms with van der Waals surface area (Å²) >= 11 is 0. The van der Waals surface area contributed by atoms with Crippen LogP contribution in [-0.4, -0.2) is 21.0 Å². The number of nitrogens with zero attached hydrogens (tertiary/aromatic N) is 3. The first-order valence-electron chi connectivity index (χ1n) is 7.45. The van der Waals surface area contributed by atoms with E-state index in [9.17, 15) is 9.18 Å². The molecule has 0 aliphatic rings. The van der Waals surface area contributed by atoms with E-state index in [2.05, 4.69) is 10.3 Å². The van der Waals surface area contributed by atoms with Crippen LogP contribution < -0.4 is 0 Å². The zero-order chi connectivity index (χ0) is 17.1. The highest BCUT2D eigenvalue weighted by molar-refractivity contribution is 5.88. The third kappa shape index (κ3) is 3.32. The predicted molar refractivity (Wildman–Crippen MR) is 86.4 cm³/mol. The van der Waals surface area contributed by atoms with Crippen LogP contribution in [0.15, 0.2) is 48.5 Å². The van der Waals surface area contributed by atoms with Gasteiger partial charge in [0.1, 0.15) is 12.4 Å². The normalized spacial score (nSPS) is 10.6. The second kappa shape index (κ2) is 6.62. The smallest absolute Gasteiger partial charge is 0.361 e. The molecule has 0 saturated heterocycles. The van der Waals surface area contributed by atoms with Gasteiger partial charge in [0.05, 0.1) is 11.4 Å². The van der Waals surface area contributed by atoms with Crippen molar-refractivity contribution in [1.82, 2.24) is 15.0 Å². The van der Waals surface area contributed by atoms with Gasteiger partial charge in [-0.1, -0.05) is 41.1 Å². The molecule has 122 valence electrons. The molecule has 0 N–H and O–H groups in total. The highest BCUT2D eigenvalue weighted by Crippen LogP contribution is 2.15. The molecular weight excluding hydrogens is 309 g/mol. The van der Waals surface area contributed by atoms with Crippen LogP contribution in [0.1, 0.15) is 27.3 Å². The number of halogens is 1. The van der Waals surface area contributed by atoms with Crippen molar-refractivity contribution in [3.63, 3.8) is 0 Å². The Kier molecular flexibility index (Phi) is 4.37. The average molecular weight is 325 g/mol. The van der Waals surface area contributed by atoms with Gasteiger partial charge in [0.25, 0.3) is 0 Å². The van der Waals surface area contributed by atoms with Gasteiger partial charge in [-0.15, -0.1) is 5.10 Å². The zero-order valence-corrected chi connectivity index (χ0v) is 13.4. The third-order valence-corrected chi connectivity index (χ3v) is 3.59. The van der Waals surface area contributed by atoms with Crippen LogP contribution in [0.25, 0.3) is 5.69 Å². The van der Waals surface area contributed by atoms with Gasteiger partial charge >= 0.3 is 5.97 Å². The van der Waals surface area contributed by atoms with Crippen LogP contribution in [0, 0.1) is 19.7 Å². The number of carbonyl (C=O) groups is 1. The number of carbonyl (C=O) groups excluding carboxylic acids is 1. The fourth-order valence-corrected chi connectivity index (χ4v) is 2.39. The van der Waals surface area contributed by atoms with Crippen molar-refractivity contribution in [1.29, 1.82) is 0 Å². The molecule has 0 aliphatic heterocycles. The van der Waals surface area contributed by atoms with Gasteiger partial charge in [-0.05, 0) is 37.6 Å². The van der Waals surface area contributed by atoms with Gasteiger partial charge in [-0.2, -0.15) is 0 Å². The molecule has 0 saturated carbocycles. The maximum absolute atomic E-state index is 13.3. The Morgan fingerprint density at radius 3 is 2.71 bits per heavy atom. The summed E-state index contributed by atoms with van der Waals surface area (Å²) in [5.74, 6) is -0.942. The summed E-state index contributed by atoms with van der Waals surface area (Å²) in [5, 5.41) is 7.78. The minimum Gasteiger partial charge on any atom is -0.456 e. The van der Waals surface area contributed by atoms with E-state index < -0.39 is 5.97 Å². The molecule has 24 heavy (non-hydrogen) atoms. The van der Waals surface area contributed by atoms with E-state index in [0.717, 1.165) is 11.1 Å². The Labute approximate surface area is 138 Å². The average Bonchev–Trinajstić information content (AvgIpc) is 2.94. The van der Waals surface area contributed by atoms with Gasteiger partial charge in [0.2, 0.25) is 0 Å². The molecule has 0 fully saturated rings. The van der Waals surface area contributed by atoms with E-state index in [0.29, 0.717) is 11.4 Å². The van der Waals surface area contributed by atoms with Crippen molar-refractivity contribution < 1.29 is 13.9 Å². The number of ether oxygens (including phenoxy) is 1. The lowest BCUT2D eigenvalue weighted by Crippen LogP contribution is -2.08. The lowest BCUT2D eigenvalue weighted by molar-refractivity contribution is 0.0464. The molecule has 5 nitrogen and oxygen atoms in total. The number of hydrogen-bond donors (Lipinski definition) is 0. The summed E-state index contributed by atoms with van der Waals surface area (Å²) in [6.45, 7) is 3.82. The summed E-state index contributed by atoms with van der Waals surface area (Å²) < 4.78 is 20.0. The quantitative estimate of drug-likeness (QED) is 0.690. The van der Waals surface area contributed by atoms with Crippen molar-refractivity contribution in [2.45, 2.75) is 20.5 Å². The lowest BCUT2D eigenvalue weighted by Gasteiger charge is -2.05. The molecule has 0 amide bonds. The number of hydrogen-bond acceptors (Lipinski definition) is 4. The Morgan fingerprint density at radius 2 is 1.96 bits per heavy atom. The SMILES string of the molecule is Cc1cccc(COC(=O)c2nnn(-c3cccc(F)c3)c2C)c1. The molecule has 0 aliphatic carbocycles. The Morgan fingerprint density at radius 1 is 1.17 bits per heavy atom. The Hall–Kier alpha value is -3.02. The highest BCUT2D eigenvalue weighted by atomic mass is 19.1. The first-order valence-corrected chi connectivity index (χ1v) is 7.45. The van der Waals surface area contributed by atoms with E-state index in [-0.39, 0.29) is 18.1 Å². The Bertz CT molecular complexity index is 889. The number of aryl methyl sites for hydroxylation is 1. The highest BCUT2D eigenvalue weighted by Gasteiger charge is 2.19. The standard InChI is InChI=1S/C18H16FN3O2/c1-12-5-3-6-14(9-12)11-24-18(23)17-13(2)22(21-20-17)16-8-4-7-15(19)10-16/h3-10H,11H2,1-2H3. The topological polar surface area (TPSA) is 57.0 Å². The summed E-state index contributed by atoms with van der Waals surface area (Å²) in [5.41, 5.74) is 3.11. The number of rotatable bonds is 4. The fraction of sp³-hybridized carbons (Fsp3) is 0.167. The minimum atomic E-state index is -0.559. The molecule has 2 aromatic carbocycles. The van der Waals surface area contributed by atoms with Crippen LogP contribution >= 0.6 is 0 Å². The molecule has 0 atom stereocenters. The van der Waals surface area contributed by atoms with Gasteiger partial charge in [0, 0.05) is 0 Å². The monoisotopic (exact) mass is 325 g/mol. The molecule has 0 radical (unpaired) electrons. The van der Waals surface area contributed by atoms with Crippen molar-refractivity contribution in [3.8, 4) is 5.69 Å². The van der Waals surface area contributed by atoms with Crippen molar-refractivity contribution in [2.24, 2.45) is 0 Å². The van der Waals surface area contributed by atoms with E-state index in [1.165, 1.54) is 16.8 Å². The minimum absolute atomic E-state index is 0.118. The zero-order valence-electron chi connectivity index (χ0n) is 13.4. The summed E-state index contributed by atoms with van der Waals surface area (Å²) in [6.07, 6.45) is 0. The van der Waals surface area contributed by atoms with Gasteiger partial charge in [-0.3, -0.25) is 0 Å². The number of benzene rings is 2. The Balaban J connectivity index is 1.76. The fourth-order valence-electron chi connectivity index (χ4n) is 2.39. The first kappa shape index (κ1) is 15.9. The largest absolute Gasteiger partial charge is 0.456 e. The van der Waals surface area contributed by atoms with Crippen LogP contribution in [0.5, 0.6) is 0 Å². The second-order valence-electron chi connectivity index (χ2n) is 5.48. The first-order chi connectivity index (χ1) is 11.5. The summed E-state index contributed by atoms with van der Waals surface area (Å²) in [4.78, 5) is 12.2. The number of aromatic nitrogens is 3. The van der Waals surface area contributed by atoms with E-state index in [1.807, 2.05) is 31.2 Å². The summed E-state index contributed by atoms with van der Waals surface area (Å²) in [6, 6.07) is 13.6. The molecule has 0 bridgehead atoms. The predicted octanol–water partition coefficient (Wildman–Crippen LogP) is 3.38. The van der Waals surface area contributed by atoms with Gasteiger partial charge < -0.3 is 4.74 Å². The maximum Gasteiger partial charge on any atom is 0.361 e. The van der Waals surface area contributed by atoms with E-state index in [4.69, 9.17) is 4.74 Å². The van der Waals surface area contributed by atoms with Crippen LogP contribution in [0.3, 0.4) is 0 Å². The molecule has 0 unspecified atom stereocenters.